The molecule has 1 aromatic rings. The molecular weight excluding hydrogens is 393 g/mol. The summed E-state index contributed by atoms with van der Waals surface area (Å²) in [4.78, 5) is 0. The second kappa shape index (κ2) is 8.82. The topological polar surface area (TPSA) is 12.0 Å². The highest BCUT2D eigenvalue weighted by molar-refractivity contribution is 8.44. The number of aryl methyl sites for hydroxylation is 2. The Hall–Kier alpha value is -1.60. The minimum Gasteiger partial charge on any atom is -0.178 e. The van der Waals surface area contributed by atoms with E-state index in [9.17, 15) is 19.4 Å². The van der Waals surface area contributed by atoms with Gasteiger partial charge in [0.05, 0.1) is 0 Å². The molecule has 0 saturated heterocycles. The van der Waals surface area contributed by atoms with Crippen molar-refractivity contribution in [2.75, 3.05) is 6.54 Å². The summed E-state index contributed by atoms with van der Waals surface area (Å²) in [5.41, 5.74) is 5.33. The fraction of sp³-hybridized carbons (Fsp3) is 0.429. The first-order valence-electron chi connectivity index (χ1n) is 9.20. The monoisotopic (exact) mass is 423 g/mol. The molecule has 28 heavy (non-hydrogen) atoms. The number of allylic oxidation sites excluding steroid dienone is 4. The maximum absolute atomic E-state index is 12.3. The average molecular weight is 424 g/mol. The van der Waals surface area contributed by atoms with Gasteiger partial charge in [0.25, 0.3) is 0 Å². The van der Waals surface area contributed by atoms with Gasteiger partial charge in [-0.3, -0.25) is 0 Å². The Morgan fingerprint density at radius 1 is 0.893 bits per heavy atom. The number of halogens is 5. The predicted octanol–water partition coefficient (Wildman–Crippen LogP) is 8.30. The van der Waals surface area contributed by atoms with Crippen LogP contribution in [0.3, 0.4) is 0 Å². The molecular formula is C21H30F5NS. The second-order valence-electron chi connectivity index (χ2n) is 7.39. The highest BCUT2D eigenvalue weighted by Crippen LogP contribution is 2.94. The summed E-state index contributed by atoms with van der Waals surface area (Å²) in [6.45, 7) is 7.12. The lowest BCUT2D eigenvalue weighted by Crippen LogP contribution is -2.27. The predicted molar refractivity (Wildman–Crippen MR) is 112 cm³/mol. The van der Waals surface area contributed by atoms with Crippen molar-refractivity contribution in [1.29, 1.82) is 0 Å². The van der Waals surface area contributed by atoms with E-state index in [2.05, 4.69) is 18.2 Å². The first-order chi connectivity index (χ1) is 12.6. The first-order valence-corrected chi connectivity index (χ1v) is 11.1. The van der Waals surface area contributed by atoms with Gasteiger partial charge in [-0.05, 0) is 70.1 Å². The summed E-state index contributed by atoms with van der Waals surface area (Å²) in [5.74, 6) is 0. The molecule has 1 aromatic carbocycles. The van der Waals surface area contributed by atoms with E-state index < -0.39 is 17.0 Å². The molecule has 1 N–H and O–H groups in total. The maximum atomic E-state index is 12.3. The molecule has 160 valence electrons. The molecule has 0 heterocycles. The largest absolute Gasteiger partial charge is 0.342 e. The SMILES string of the molecule is CC(C)=CCCc1ccc(/C=C/CNS(F)(F)(F)(F)F)c(CCC=C(C)C)c1. The van der Waals surface area contributed by atoms with Crippen LogP contribution in [0.4, 0.5) is 19.4 Å². The van der Waals surface area contributed by atoms with Crippen LogP contribution in [0.25, 0.3) is 6.08 Å². The van der Waals surface area contributed by atoms with Crippen LogP contribution in [0.2, 0.25) is 0 Å². The maximum Gasteiger partial charge on any atom is 0.342 e. The van der Waals surface area contributed by atoms with Gasteiger partial charge in [-0.2, -0.15) is 4.72 Å². The van der Waals surface area contributed by atoms with Gasteiger partial charge in [0, 0.05) is 6.54 Å². The molecule has 1 nitrogen and oxygen atoms in total. The fourth-order valence-corrected chi connectivity index (χ4v) is 3.04. The molecule has 0 unspecified atom stereocenters. The van der Waals surface area contributed by atoms with Crippen molar-refractivity contribution >= 4 is 16.5 Å². The highest BCUT2D eigenvalue weighted by Gasteiger charge is 2.62. The van der Waals surface area contributed by atoms with E-state index in [4.69, 9.17) is 0 Å². The van der Waals surface area contributed by atoms with Crippen LogP contribution in [-0.4, -0.2) is 6.54 Å². The Bertz CT molecular complexity index is 753. The summed E-state index contributed by atoms with van der Waals surface area (Å²) < 4.78 is 62.1. The van der Waals surface area contributed by atoms with Crippen LogP contribution in [0, 0.1) is 0 Å². The molecule has 1 rings (SSSR count). The van der Waals surface area contributed by atoms with E-state index in [0.29, 0.717) is 4.72 Å². The van der Waals surface area contributed by atoms with E-state index in [1.54, 1.807) is 0 Å². The Morgan fingerprint density at radius 3 is 2.00 bits per heavy atom. The van der Waals surface area contributed by atoms with Crippen molar-refractivity contribution in [1.82, 2.24) is 4.72 Å². The van der Waals surface area contributed by atoms with Gasteiger partial charge in [0.2, 0.25) is 0 Å². The lowest BCUT2D eigenvalue weighted by Gasteiger charge is -2.40. The lowest BCUT2D eigenvalue weighted by molar-refractivity contribution is 0.344. The minimum absolute atomic E-state index is 0.454. The average Bonchev–Trinajstić information content (AvgIpc) is 2.50. The van der Waals surface area contributed by atoms with Crippen molar-refractivity contribution < 1.29 is 19.4 Å². The molecule has 0 amide bonds. The zero-order valence-corrected chi connectivity index (χ0v) is 17.7. The number of benzene rings is 1. The molecule has 0 saturated carbocycles. The van der Waals surface area contributed by atoms with Gasteiger partial charge in [-0.15, -0.1) is 0 Å². The van der Waals surface area contributed by atoms with Crippen LogP contribution in [-0.2, 0) is 12.8 Å². The molecule has 7 heteroatoms. The number of hydrogen-bond donors (Lipinski definition) is 1. The van der Waals surface area contributed by atoms with Crippen LogP contribution in [0.15, 0.2) is 47.6 Å². The highest BCUT2D eigenvalue weighted by atomic mass is 32.5. The van der Waals surface area contributed by atoms with Crippen molar-refractivity contribution in [2.24, 2.45) is 0 Å². The Morgan fingerprint density at radius 2 is 1.46 bits per heavy atom. The van der Waals surface area contributed by atoms with Crippen molar-refractivity contribution in [3.05, 3.63) is 64.3 Å². The molecule has 0 aliphatic heterocycles. The van der Waals surface area contributed by atoms with Gasteiger partial charge in [0.1, 0.15) is 0 Å². The number of rotatable bonds is 10. The molecule has 0 aliphatic rings. The summed E-state index contributed by atoms with van der Waals surface area (Å²) in [6.07, 6.45) is 10.1. The minimum atomic E-state index is -9.59. The van der Waals surface area contributed by atoms with Crippen LogP contribution in [0.1, 0.15) is 57.2 Å². The number of nitrogens with one attached hydrogen (secondary N) is 1. The third-order valence-electron chi connectivity index (χ3n) is 3.93. The van der Waals surface area contributed by atoms with Crippen LogP contribution < -0.4 is 4.72 Å². The van der Waals surface area contributed by atoms with Crippen LogP contribution in [0.5, 0.6) is 0 Å². The van der Waals surface area contributed by atoms with Gasteiger partial charge in [0.15, 0.2) is 0 Å². The molecule has 0 atom stereocenters. The second-order valence-corrected chi connectivity index (χ2v) is 9.62. The van der Waals surface area contributed by atoms with Crippen molar-refractivity contribution in [3.8, 4) is 0 Å². The van der Waals surface area contributed by atoms with Gasteiger partial charge < -0.3 is 0 Å². The van der Waals surface area contributed by atoms with Crippen LogP contribution >= 0.6 is 10.4 Å². The van der Waals surface area contributed by atoms with Crippen molar-refractivity contribution in [3.63, 3.8) is 0 Å². The number of hydrogen-bond acceptors (Lipinski definition) is 1. The van der Waals surface area contributed by atoms with Gasteiger partial charge >= 0.3 is 10.4 Å². The van der Waals surface area contributed by atoms with E-state index in [0.717, 1.165) is 48.4 Å². The Labute approximate surface area is 165 Å². The Balaban J connectivity index is 2.93. The Kier molecular flexibility index (Phi) is 7.70. The smallest absolute Gasteiger partial charge is 0.178 e. The molecule has 0 radical (unpaired) electrons. The summed E-state index contributed by atoms with van der Waals surface area (Å²) in [7, 11) is -9.59. The molecule has 0 spiro atoms. The van der Waals surface area contributed by atoms with Gasteiger partial charge in [-0.1, -0.05) is 73.1 Å². The summed E-state index contributed by atoms with van der Waals surface area (Å²) in [5, 5.41) is 0. The van der Waals surface area contributed by atoms with E-state index in [1.807, 2.05) is 39.8 Å². The first kappa shape index (κ1) is 24.4. The lowest BCUT2D eigenvalue weighted by atomic mass is 9.97. The molecule has 0 bridgehead atoms. The zero-order valence-electron chi connectivity index (χ0n) is 16.9. The third-order valence-corrected chi connectivity index (χ3v) is 4.64. The standard InChI is InChI=1S/C21H30F5NS/c1-17(2)8-5-10-19-13-14-20(21(16-19)11-6-9-18(3)4)12-7-15-27-28(22,23,24,25)26/h7-9,12-14,16,27H,5-6,10-11,15H2,1-4H3/b12-7+. The molecule has 0 aromatic heterocycles. The quantitative estimate of drug-likeness (QED) is 0.295. The normalized spacial score (nSPS) is 14.5. The third kappa shape index (κ3) is 12.0. The van der Waals surface area contributed by atoms with Gasteiger partial charge in [-0.25, -0.2) is 0 Å². The fourth-order valence-electron chi connectivity index (χ4n) is 2.63. The van der Waals surface area contributed by atoms with E-state index in [-0.39, 0.29) is 0 Å². The van der Waals surface area contributed by atoms with E-state index in [1.165, 1.54) is 17.2 Å². The van der Waals surface area contributed by atoms with Crippen molar-refractivity contribution in [2.45, 2.75) is 53.4 Å². The molecule has 0 aliphatic carbocycles. The molecule has 0 fully saturated rings. The zero-order chi connectivity index (χ0) is 21.5. The van der Waals surface area contributed by atoms with E-state index >= 15 is 0 Å². The summed E-state index contributed by atoms with van der Waals surface area (Å²) in [6, 6.07) is 5.82. The summed E-state index contributed by atoms with van der Waals surface area (Å²) >= 11 is 0.